The molecule has 0 saturated carbocycles. The topological polar surface area (TPSA) is 98.2 Å². The number of esters is 1. The van der Waals surface area contributed by atoms with Crippen molar-refractivity contribution in [3.8, 4) is 0 Å². The molecule has 4 rings (SSSR count). The van der Waals surface area contributed by atoms with Gasteiger partial charge in [-0.25, -0.2) is 4.79 Å². The van der Waals surface area contributed by atoms with Gasteiger partial charge in [-0.3, -0.25) is 19.0 Å². The third-order valence-electron chi connectivity index (χ3n) is 7.45. The van der Waals surface area contributed by atoms with Crippen molar-refractivity contribution in [2.75, 3.05) is 19.7 Å². The van der Waals surface area contributed by atoms with Gasteiger partial charge < -0.3 is 19.3 Å². The molecule has 1 fully saturated rings. The lowest BCUT2D eigenvalue weighted by Gasteiger charge is -2.51. The Kier molecular flexibility index (Phi) is 8.80. The number of carbonyl (C=O) groups excluding carboxylic acids is 4. The van der Waals surface area contributed by atoms with Crippen LogP contribution >= 0.6 is 0 Å². The number of hydrogen-bond donors (Lipinski definition) is 0. The molecule has 3 aromatic rings. The van der Waals surface area contributed by atoms with E-state index in [-0.39, 0.29) is 37.9 Å². The van der Waals surface area contributed by atoms with Crippen LogP contribution in [0.15, 0.2) is 48.7 Å². The summed E-state index contributed by atoms with van der Waals surface area (Å²) in [7, 11) is 0. The van der Waals surface area contributed by atoms with Gasteiger partial charge in [0.1, 0.15) is 17.7 Å². The van der Waals surface area contributed by atoms with Crippen molar-refractivity contribution in [1.29, 1.82) is 0 Å². The zero-order valence-corrected chi connectivity index (χ0v) is 25.7. The number of aryl methyl sites for hydroxylation is 2. The Balaban J connectivity index is 1.58. The number of ether oxygens (including phenoxy) is 2. The van der Waals surface area contributed by atoms with E-state index in [1.807, 2.05) is 50.2 Å². The second-order valence-corrected chi connectivity index (χ2v) is 12.3. The van der Waals surface area contributed by atoms with Crippen molar-refractivity contribution in [1.82, 2.24) is 14.4 Å². The lowest BCUT2D eigenvalue weighted by atomic mass is 9.84. The summed E-state index contributed by atoms with van der Waals surface area (Å²) in [6.07, 6.45) is 1.83. The molecule has 0 bridgehead atoms. The first-order chi connectivity index (χ1) is 19.7. The number of fused-ring (bicyclic) bond motifs is 1. The first-order valence-corrected chi connectivity index (χ1v) is 14.4. The molecule has 1 aliphatic heterocycles. The lowest BCUT2D eigenvalue weighted by Crippen LogP contribution is -2.68. The lowest BCUT2D eigenvalue weighted by molar-refractivity contribution is -0.166. The van der Waals surface area contributed by atoms with Gasteiger partial charge in [-0.1, -0.05) is 41.5 Å². The van der Waals surface area contributed by atoms with Crippen LogP contribution in [-0.4, -0.2) is 69.1 Å². The summed E-state index contributed by atoms with van der Waals surface area (Å²) < 4.78 is 12.2. The van der Waals surface area contributed by atoms with Crippen molar-refractivity contribution in [3.05, 3.63) is 70.9 Å². The number of likely N-dealkylation sites (tertiary alicyclic amines) is 1. The SMILES string of the molecule is CCOC(=O)CN(Cc1ccc2ccn(C(=O)OC(C)(C)C)c2c1)C(=O)C1(C)CCN1C(=O)Cc1cc(C)cc(C)c1. The predicted molar refractivity (Wildman–Crippen MR) is 160 cm³/mol. The Morgan fingerprint density at radius 3 is 2.26 bits per heavy atom. The van der Waals surface area contributed by atoms with Crippen LogP contribution in [0.2, 0.25) is 0 Å². The third kappa shape index (κ3) is 6.83. The van der Waals surface area contributed by atoms with Gasteiger partial charge in [-0.2, -0.15) is 0 Å². The van der Waals surface area contributed by atoms with E-state index in [9.17, 15) is 19.2 Å². The number of hydrogen-bond acceptors (Lipinski definition) is 6. The summed E-state index contributed by atoms with van der Waals surface area (Å²) in [4.78, 5) is 55.9. The highest BCUT2D eigenvalue weighted by Gasteiger charge is 2.51. The van der Waals surface area contributed by atoms with Crippen LogP contribution in [-0.2, 0) is 36.8 Å². The van der Waals surface area contributed by atoms with Crippen LogP contribution in [0.1, 0.15) is 63.3 Å². The molecule has 9 nitrogen and oxygen atoms in total. The fourth-order valence-corrected chi connectivity index (χ4v) is 5.49. The molecule has 0 N–H and O–H groups in total. The van der Waals surface area contributed by atoms with Gasteiger partial charge in [0, 0.05) is 24.7 Å². The minimum absolute atomic E-state index is 0.0990. The Morgan fingerprint density at radius 1 is 0.976 bits per heavy atom. The highest BCUT2D eigenvalue weighted by Crippen LogP contribution is 2.34. The van der Waals surface area contributed by atoms with E-state index >= 15 is 0 Å². The van der Waals surface area contributed by atoms with E-state index in [1.165, 1.54) is 9.47 Å². The fraction of sp³-hybridized carbons (Fsp3) is 0.455. The first-order valence-electron chi connectivity index (χ1n) is 14.4. The maximum Gasteiger partial charge on any atom is 0.418 e. The minimum atomic E-state index is -1.08. The number of amides is 2. The van der Waals surface area contributed by atoms with Gasteiger partial charge in [0.15, 0.2) is 0 Å². The average Bonchev–Trinajstić information content (AvgIpc) is 3.28. The summed E-state index contributed by atoms with van der Waals surface area (Å²) in [5, 5.41) is 0.835. The monoisotopic (exact) mass is 575 g/mol. The number of aromatic nitrogens is 1. The van der Waals surface area contributed by atoms with Crippen LogP contribution in [0.4, 0.5) is 4.79 Å². The summed E-state index contributed by atoms with van der Waals surface area (Å²) in [5.74, 6) is -0.979. The fourth-order valence-electron chi connectivity index (χ4n) is 5.49. The highest BCUT2D eigenvalue weighted by molar-refractivity contribution is 5.95. The molecule has 0 aliphatic carbocycles. The second-order valence-electron chi connectivity index (χ2n) is 12.3. The van der Waals surface area contributed by atoms with Gasteiger partial charge in [0.05, 0.1) is 18.5 Å². The Labute approximate surface area is 247 Å². The van der Waals surface area contributed by atoms with Gasteiger partial charge in [0.2, 0.25) is 11.8 Å². The van der Waals surface area contributed by atoms with Crippen molar-refractivity contribution in [2.45, 2.75) is 79.0 Å². The van der Waals surface area contributed by atoms with E-state index in [0.717, 1.165) is 27.6 Å². The number of benzene rings is 2. The zero-order valence-electron chi connectivity index (χ0n) is 25.7. The number of carbonyl (C=O) groups is 4. The van der Waals surface area contributed by atoms with Crippen molar-refractivity contribution in [3.63, 3.8) is 0 Å². The molecule has 2 amide bonds. The van der Waals surface area contributed by atoms with Gasteiger partial charge in [-0.05, 0) is 78.1 Å². The molecule has 224 valence electrons. The molecule has 1 unspecified atom stereocenters. The van der Waals surface area contributed by atoms with Crippen LogP contribution in [0.5, 0.6) is 0 Å². The van der Waals surface area contributed by atoms with E-state index in [0.29, 0.717) is 18.5 Å². The average molecular weight is 576 g/mol. The van der Waals surface area contributed by atoms with Crippen LogP contribution in [0.25, 0.3) is 10.9 Å². The molecule has 0 radical (unpaired) electrons. The standard InChI is InChI=1S/C33H41N3O6/c1-8-41-29(38)21-34(20-24-9-10-26-11-13-35(27(26)18-24)31(40)42-32(4,5)6)30(39)33(7)12-14-36(33)28(37)19-25-16-22(2)15-23(3)17-25/h9-11,13,15-18H,8,12,14,19-21H2,1-7H3. The van der Waals surface area contributed by atoms with E-state index in [2.05, 4.69) is 6.07 Å². The maximum absolute atomic E-state index is 14.1. The first kappa shape index (κ1) is 30.8. The van der Waals surface area contributed by atoms with E-state index in [4.69, 9.17) is 9.47 Å². The van der Waals surface area contributed by atoms with E-state index in [1.54, 1.807) is 45.7 Å². The van der Waals surface area contributed by atoms with Gasteiger partial charge >= 0.3 is 12.1 Å². The summed E-state index contributed by atoms with van der Waals surface area (Å²) in [6, 6.07) is 13.4. The Hall–Kier alpha value is -4.14. The molecule has 2 heterocycles. The molecule has 1 aromatic heterocycles. The normalized spacial score (nSPS) is 16.6. The summed E-state index contributed by atoms with van der Waals surface area (Å²) in [5.41, 5.74) is 2.68. The zero-order chi connectivity index (χ0) is 30.8. The maximum atomic E-state index is 14.1. The smallest absolute Gasteiger partial charge is 0.418 e. The highest BCUT2D eigenvalue weighted by atomic mass is 16.6. The second kappa shape index (κ2) is 12.0. The number of rotatable bonds is 8. The largest absolute Gasteiger partial charge is 0.465 e. The molecule has 42 heavy (non-hydrogen) atoms. The van der Waals surface area contributed by atoms with Crippen LogP contribution in [0, 0.1) is 13.8 Å². The Morgan fingerprint density at radius 2 is 1.67 bits per heavy atom. The van der Waals surface area contributed by atoms with Crippen LogP contribution < -0.4 is 0 Å². The van der Waals surface area contributed by atoms with Crippen molar-refractivity contribution >= 4 is 34.8 Å². The van der Waals surface area contributed by atoms with Crippen molar-refractivity contribution < 1.29 is 28.7 Å². The molecule has 0 spiro atoms. The van der Waals surface area contributed by atoms with E-state index < -0.39 is 23.2 Å². The molecule has 1 atom stereocenters. The number of nitrogens with zero attached hydrogens (tertiary/aromatic N) is 3. The molecule has 2 aromatic carbocycles. The molecule has 1 aliphatic rings. The molecule has 9 heteroatoms. The Bertz CT molecular complexity index is 1500. The van der Waals surface area contributed by atoms with Gasteiger partial charge in [-0.15, -0.1) is 0 Å². The molecular weight excluding hydrogens is 534 g/mol. The molecule has 1 saturated heterocycles. The van der Waals surface area contributed by atoms with Crippen LogP contribution in [0.3, 0.4) is 0 Å². The summed E-state index contributed by atoms with van der Waals surface area (Å²) in [6.45, 7) is 13.4. The summed E-state index contributed by atoms with van der Waals surface area (Å²) >= 11 is 0. The third-order valence-corrected chi connectivity index (χ3v) is 7.45. The van der Waals surface area contributed by atoms with Crippen molar-refractivity contribution in [2.24, 2.45) is 0 Å². The molecular formula is C33H41N3O6. The van der Waals surface area contributed by atoms with Gasteiger partial charge in [0.25, 0.3) is 0 Å². The quantitative estimate of drug-likeness (QED) is 0.344. The predicted octanol–water partition coefficient (Wildman–Crippen LogP) is 5.17. The minimum Gasteiger partial charge on any atom is -0.465 e.